The first-order chi connectivity index (χ1) is 10.2. The molecule has 0 aromatic carbocycles. The van der Waals surface area contributed by atoms with Crippen LogP contribution in [0.4, 0.5) is 4.39 Å². The van der Waals surface area contributed by atoms with E-state index >= 15 is 0 Å². The minimum absolute atomic E-state index is 0.0766. The van der Waals surface area contributed by atoms with Crippen LogP contribution in [-0.2, 0) is 14.3 Å². The molecule has 1 aliphatic heterocycles. The lowest BCUT2D eigenvalue weighted by Crippen LogP contribution is -2.34. The van der Waals surface area contributed by atoms with E-state index in [0.29, 0.717) is 12.8 Å². The summed E-state index contributed by atoms with van der Waals surface area (Å²) in [5, 5.41) is 0. The van der Waals surface area contributed by atoms with Gasteiger partial charge in [0.2, 0.25) is 5.82 Å². The van der Waals surface area contributed by atoms with Crippen molar-refractivity contribution in [1.82, 2.24) is 9.55 Å². The first-order valence-electron chi connectivity index (χ1n) is 7.02. The largest absolute Gasteiger partial charge is 0.463 e. The molecule has 7 nitrogen and oxygen atoms in total. The van der Waals surface area contributed by atoms with Gasteiger partial charge in [0.25, 0.3) is 5.56 Å². The van der Waals surface area contributed by atoms with Crippen LogP contribution in [0.25, 0.3) is 0 Å². The number of nitrogens with one attached hydrogen (secondary N) is 1. The van der Waals surface area contributed by atoms with E-state index in [2.05, 4.69) is 0 Å². The molecule has 0 aliphatic carbocycles. The minimum atomic E-state index is -1.06. The highest BCUT2D eigenvalue weighted by molar-refractivity contribution is 5.75. The first kappa shape index (κ1) is 16.4. The summed E-state index contributed by atoms with van der Waals surface area (Å²) in [5.41, 5.74) is -2.39. The highest BCUT2D eigenvalue weighted by Gasteiger charge is 2.30. The molecule has 2 heterocycles. The standard InChI is InChI=1S/C14H19FN2O5/c1-14(2,3)12(19)21-7-8-4-5-10(22-8)17-6-9(15)11(18)16-13(17)20/h6,8,10H,4-5,7H2,1-3H3,(H,16,18,20)/t8-,10+/m1/s1. The van der Waals surface area contributed by atoms with E-state index in [9.17, 15) is 18.8 Å². The summed E-state index contributed by atoms with van der Waals surface area (Å²) in [6, 6.07) is 0. The Morgan fingerprint density at radius 3 is 2.77 bits per heavy atom. The molecule has 22 heavy (non-hydrogen) atoms. The summed E-state index contributed by atoms with van der Waals surface area (Å²) in [6.45, 7) is 5.32. The van der Waals surface area contributed by atoms with Gasteiger partial charge in [-0.25, -0.2) is 4.79 Å². The third kappa shape index (κ3) is 3.62. The molecule has 2 rings (SSSR count). The molecule has 1 aromatic heterocycles. The highest BCUT2D eigenvalue weighted by atomic mass is 19.1. The average Bonchev–Trinajstić information content (AvgIpc) is 2.87. The number of hydrogen-bond donors (Lipinski definition) is 1. The molecule has 0 spiro atoms. The van der Waals surface area contributed by atoms with E-state index < -0.39 is 28.7 Å². The molecule has 1 saturated heterocycles. The molecule has 2 atom stereocenters. The van der Waals surface area contributed by atoms with Crippen molar-refractivity contribution < 1.29 is 18.7 Å². The summed E-state index contributed by atoms with van der Waals surface area (Å²) < 4.78 is 25.0. The number of esters is 1. The molecule has 1 aromatic rings. The molecule has 0 unspecified atom stereocenters. The maximum absolute atomic E-state index is 13.3. The second-order valence-electron chi connectivity index (χ2n) is 6.28. The van der Waals surface area contributed by atoms with Gasteiger partial charge in [0, 0.05) is 0 Å². The average molecular weight is 314 g/mol. The molecule has 1 aliphatic rings. The van der Waals surface area contributed by atoms with Crippen LogP contribution in [0.2, 0.25) is 0 Å². The Labute approximate surface area is 126 Å². The zero-order valence-corrected chi connectivity index (χ0v) is 12.7. The van der Waals surface area contributed by atoms with E-state index in [1.54, 1.807) is 20.8 Å². The van der Waals surface area contributed by atoms with Crippen molar-refractivity contribution in [2.45, 2.75) is 45.9 Å². The monoisotopic (exact) mass is 314 g/mol. The van der Waals surface area contributed by atoms with Gasteiger partial charge in [0.15, 0.2) is 0 Å². The summed E-state index contributed by atoms with van der Waals surface area (Å²) in [5.74, 6) is -1.39. The van der Waals surface area contributed by atoms with Gasteiger partial charge in [-0.1, -0.05) is 0 Å². The van der Waals surface area contributed by atoms with Crippen molar-refractivity contribution in [2.24, 2.45) is 5.41 Å². The summed E-state index contributed by atoms with van der Waals surface area (Å²) >= 11 is 0. The normalized spacial score (nSPS) is 21.8. The van der Waals surface area contributed by atoms with Gasteiger partial charge in [-0.15, -0.1) is 0 Å². The Hall–Kier alpha value is -1.96. The fourth-order valence-electron chi connectivity index (χ4n) is 2.07. The van der Waals surface area contributed by atoms with Gasteiger partial charge >= 0.3 is 11.7 Å². The molecule has 0 radical (unpaired) electrons. The van der Waals surface area contributed by atoms with Crippen molar-refractivity contribution in [2.75, 3.05) is 6.61 Å². The maximum atomic E-state index is 13.3. The fourth-order valence-corrected chi connectivity index (χ4v) is 2.07. The number of aromatic nitrogens is 2. The van der Waals surface area contributed by atoms with E-state index in [0.717, 1.165) is 10.8 Å². The number of rotatable bonds is 3. The number of H-pyrrole nitrogens is 1. The van der Waals surface area contributed by atoms with Crippen molar-refractivity contribution >= 4 is 5.97 Å². The molecular weight excluding hydrogens is 295 g/mol. The van der Waals surface area contributed by atoms with Gasteiger partial charge in [-0.05, 0) is 33.6 Å². The Morgan fingerprint density at radius 1 is 1.45 bits per heavy atom. The topological polar surface area (TPSA) is 90.4 Å². The zero-order chi connectivity index (χ0) is 16.5. The van der Waals surface area contributed by atoms with Crippen molar-refractivity contribution in [3.8, 4) is 0 Å². The van der Waals surface area contributed by atoms with Gasteiger partial charge in [0.1, 0.15) is 12.8 Å². The molecule has 122 valence electrons. The number of nitrogens with zero attached hydrogens (tertiary/aromatic N) is 1. The number of aromatic amines is 1. The number of halogens is 1. The quantitative estimate of drug-likeness (QED) is 0.839. The Balaban J connectivity index is 1.99. The van der Waals surface area contributed by atoms with Crippen LogP contribution in [0.15, 0.2) is 15.8 Å². The SMILES string of the molecule is CC(C)(C)C(=O)OC[C@H]1CC[C@@H](n2cc(F)c(=O)[nH]c2=O)O1. The van der Waals surface area contributed by atoms with Crippen LogP contribution in [0, 0.1) is 11.2 Å². The van der Waals surface area contributed by atoms with Gasteiger partial charge in [0.05, 0.1) is 17.7 Å². The number of hydrogen-bond acceptors (Lipinski definition) is 5. The van der Waals surface area contributed by atoms with Crippen LogP contribution in [0.5, 0.6) is 0 Å². The van der Waals surface area contributed by atoms with Crippen molar-refractivity contribution in [1.29, 1.82) is 0 Å². The van der Waals surface area contributed by atoms with Crippen LogP contribution >= 0.6 is 0 Å². The second-order valence-corrected chi connectivity index (χ2v) is 6.28. The second kappa shape index (κ2) is 6.04. The lowest BCUT2D eigenvalue weighted by Gasteiger charge is -2.19. The zero-order valence-electron chi connectivity index (χ0n) is 12.7. The smallest absolute Gasteiger partial charge is 0.330 e. The van der Waals surface area contributed by atoms with E-state index in [4.69, 9.17) is 9.47 Å². The molecule has 0 amide bonds. The van der Waals surface area contributed by atoms with E-state index in [-0.39, 0.29) is 18.7 Å². The number of ether oxygens (including phenoxy) is 2. The molecule has 0 bridgehead atoms. The number of carbonyl (C=O) groups is 1. The van der Waals surface area contributed by atoms with Crippen LogP contribution in [0.3, 0.4) is 0 Å². The molecule has 1 fully saturated rings. The summed E-state index contributed by atoms with van der Waals surface area (Å²) in [6.07, 6.45) is 0.809. The van der Waals surface area contributed by atoms with Gasteiger partial charge < -0.3 is 9.47 Å². The Morgan fingerprint density at radius 2 is 2.14 bits per heavy atom. The van der Waals surface area contributed by atoms with Crippen molar-refractivity contribution in [3.05, 3.63) is 32.9 Å². The summed E-state index contributed by atoms with van der Waals surface area (Å²) in [4.78, 5) is 36.2. The lowest BCUT2D eigenvalue weighted by molar-refractivity contribution is -0.157. The Bertz CT molecular complexity index is 673. The molecule has 1 N–H and O–H groups in total. The number of carbonyl (C=O) groups excluding carboxylic acids is 1. The third-order valence-corrected chi connectivity index (χ3v) is 3.33. The van der Waals surface area contributed by atoms with Gasteiger partial charge in [-0.2, -0.15) is 4.39 Å². The third-order valence-electron chi connectivity index (χ3n) is 3.33. The summed E-state index contributed by atoms with van der Waals surface area (Å²) in [7, 11) is 0. The van der Waals surface area contributed by atoms with E-state index in [1.807, 2.05) is 4.98 Å². The van der Waals surface area contributed by atoms with Gasteiger partial charge in [-0.3, -0.25) is 19.1 Å². The molecular formula is C14H19FN2O5. The molecule has 0 saturated carbocycles. The maximum Gasteiger partial charge on any atom is 0.330 e. The predicted molar refractivity (Wildman–Crippen MR) is 74.8 cm³/mol. The highest BCUT2D eigenvalue weighted by Crippen LogP contribution is 2.27. The minimum Gasteiger partial charge on any atom is -0.463 e. The van der Waals surface area contributed by atoms with E-state index in [1.165, 1.54) is 0 Å². The fraction of sp³-hybridized carbons (Fsp3) is 0.643. The Kier molecular flexibility index (Phi) is 4.50. The van der Waals surface area contributed by atoms with Crippen LogP contribution in [0.1, 0.15) is 39.8 Å². The molecule has 8 heteroatoms. The van der Waals surface area contributed by atoms with Crippen LogP contribution in [-0.4, -0.2) is 28.2 Å². The van der Waals surface area contributed by atoms with Crippen molar-refractivity contribution in [3.63, 3.8) is 0 Å². The lowest BCUT2D eigenvalue weighted by atomic mass is 9.97. The van der Waals surface area contributed by atoms with Crippen LogP contribution < -0.4 is 11.2 Å². The predicted octanol–water partition coefficient (Wildman–Crippen LogP) is 0.943. The first-order valence-corrected chi connectivity index (χ1v) is 7.02.